The third kappa shape index (κ3) is 5.00. The number of nitrogens with zero attached hydrogens (tertiary/aromatic N) is 2. The normalized spacial score (nSPS) is 16.8. The molecule has 0 spiro atoms. The zero-order chi connectivity index (χ0) is 30.4. The number of hydrogen-bond donors (Lipinski definition) is 1. The Bertz CT molecular complexity index is 1860. The van der Waals surface area contributed by atoms with Crippen molar-refractivity contribution in [2.45, 2.75) is 50.4 Å². The van der Waals surface area contributed by atoms with Crippen molar-refractivity contribution in [2.75, 3.05) is 13.1 Å². The fourth-order valence-electron chi connectivity index (χ4n) is 5.79. The van der Waals surface area contributed by atoms with Crippen LogP contribution in [0.3, 0.4) is 0 Å². The minimum atomic E-state index is -4.72. The number of rotatable bonds is 7. The van der Waals surface area contributed by atoms with Crippen LogP contribution in [0.1, 0.15) is 48.6 Å². The number of alkyl halides is 3. The van der Waals surface area contributed by atoms with Gasteiger partial charge in [0.1, 0.15) is 6.04 Å². The van der Waals surface area contributed by atoms with Crippen LogP contribution in [0.4, 0.5) is 13.2 Å². The van der Waals surface area contributed by atoms with Crippen molar-refractivity contribution in [3.05, 3.63) is 99.3 Å². The third-order valence-electron chi connectivity index (χ3n) is 7.69. The zero-order valence-corrected chi connectivity index (χ0v) is 23.8. The molecular formula is C31H29F3N2O5S. The van der Waals surface area contributed by atoms with Gasteiger partial charge in [-0.2, -0.15) is 17.5 Å². The SMILES string of the molecule is CCCN1CC(C(=O)O)n2c(c(-c3cccc(C(F)(F)F)c3)c(Cc3cccc4ccccc34)c(CC)c2=O)S1(=O)=O. The first-order valence-corrected chi connectivity index (χ1v) is 15.0. The van der Waals surface area contributed by atoms with Crippen molar-refractivity contribution in [3.63, 3.8) is 0 Å². The summed E-state index contributed by atoms with van der Waals surface area (Å²) in [6.45, 7) is 2.93. The molecular weight excluding hydrogens is 569 g/mol. The molecule has 2 heterocycles. The standard InChI is InChI=1S/C31H29F3N2O5S/c1-3-15-35-18-26(30(38)39)36-28(37)23(4-2)25(17-20-11-7-10-19-9-5-6-14-24(19)20)27(29(36)42(35,40)41)21-12-8-13-22(16-21)31(32,33)34/h5-14,16,26H,3-4,15,17-18H2,1-2H3,(H,38,39). The highest BCUT2D eigenvalue weighted by Gasteiger charge is 2.44. The van der Waals surface area contributed by atoms with Crippen molar-refractivity contribution < 1.29 is 31.5 Å². The van der Waals surface area contributed by atoms with Crippen LogP contribution in [-0.4, -0.2) is 41.5 Å². The van der Waals surface area contributed by atoms with E-state index in [1.165, 1.54) is 12.1 Å². The van der Waals surface area contributed by atoms with E-state index in [1.807, 2.05) is 42.5 Å². The fraction of sp³-hybridized carbons (Fsp3) is 0.290. The van der Waals surface area contributed by atoms with Crippen LogP contribution in [0.5, 0.6) is 0 Å². The number of carbonyl (C=O) groups is 1. The van der Waals surface area contributed by atoms with E-state index < -0.39 is 50.9 Å². The molecule has 0 aliphatic carbocycles. The lowest BCUT2D eigenvalue weighted by Crippen LogP contribution is -2.50. The maximum atomic E-state index is 14.2. The van der Waals surface area contributed by atoms with Gasteiger partial charge in [0.25, 0.3) is 15.6 Å². The Morgan fingerprint density at radius 3 is 2.36 bits per heavy atom. The fourth-order valence-corrected chi connectivity index (χ4v) is 7.76. The Labute approximate surface area is 240 Å². The summed E-state index contributed by atoms with van der Waals surface area (Å²) in [5, 5.41) is 11.3. The number of hydrogen-bond acceptors (Lipinski definition) is 4. The molecule has 3 aromatic carbocycles. The van der Waals surface area contributed by atoms with Crippen molar-refractivity contribution in [2.24, 2.45) is 0 Å². The molecule has 1 unspecified atom stereocenters. The molecule has 11 heteroatoms. The summed E-state index contributed by atoms with van der Waals surface area (Å²) < 4.78 is 71.7. The van der Waals surface area contributed by atoms with Crippen LogP contribution in [0.2, 0.25) is 0 Å². The molecule has 1 N–H and O–H groups in total. The quantitative estimate of drug-likeness (QED) is 0.287. The Morgan fingerprint density at radius 2 is 1.69 bits per heavy atom. The summed E-state index contributed by atoms with van der Waals surface area (Å²) >= 11 is 0. The van der Waals surface area contributed by atoms with Gasteiger partial charge in [0.05, 0.1) is 5.56 Å². The molecule has 1 aromatic heterocycles. The molecule has 4 aromatic rings. The van der Waals surface area contributed by atoms with Gasteiger partial charge < -0.3 is 5.11 Å². The number of aliphatic carboxylic acids is 1. The number of halogens is 3. The van der Waals surface area contributed by atoms with Gasteiger partial charge in [-0.05, 0) is 58.9 Å². The molecule has 0 radical (unpaired) electrons. The number of carboxylic acid groups (broad SMARTS) is 1. The average molecular weight is 599 g/mol. The molecule has 0 saturated heterocycles. The molecule has 0 amide bonds. The highest BCUT2D eigenvalue weighted by atomic mass is 32.2. The van der Waals surface area contributed by atoms with Crippen LogP contribution >= 0.6 is 0 Å². The minimum absolute atomic E-state index is 0.0173. The van der Waals surface area contributed by atoms with Gasteiger partial charge in [-0.15, -0.1) is 0 Å². The zero-order valence-electron chi connectivity index (χ0n) is 23.0. The molecule has 42 heavy (non-hydrogen) atoms. The van der Waals surface area contributed by atoms with Gasteiger partial charge in [0.15, 0.2) is 5.03 Å². The Kier molecular flexibility index (Phi) is 7.76. The Balaban J connectivity index is 1.95. The predicted octanol–water partition coefficient (Wildman–Crippen LogP) is 5.88. The Hall–Kier alpha value is -3.96. The Morgan fingerprint density at radius 1 is 1.00 bits per heavy atom. The number of sulfonamides is 1. The smallest absolute Gasteiger partial charge is 0.416 e. The predicted molar refractivity (Wildman–Crippen MR) is 153 cm³/mol. The molecule has 220 valence electrons. The van der Waals surface area contributed by atoms with Crippen LogP contribution < -0.4 is 5.56 Å². The summed E-state index contributed by atoms with van der Waals surface area (Å²) in [6, 6.07) is 15.8. The van der Waals surface area contributed by atoms with Gasteiger partial charge in [-0.3, -0.25) is 9.36 Å². The summed E-state index contributed by atoms with van der Waals surface area (Å²) in [5.41, 5.74) is -0.756. The van der Waals surface area contributed by atoms with E-state index in [9.17, 15) is 36.3 Å². The van der Waals surface area contributed by atoms with Crippen molar-refractivity contribution in [1.82, 2.24) is 8.87 Å². The first-order valence-electron chi connectivity index (χ1n) is 13.6. The van der Waals surface area contributed by atoms with E-state index in [-0.39, 0.29) is 41.6 Å². The third-order valence-corrected chi connectivity index (χ3v) is 9.59. The maximum Gasteiger partial charge on any atom is 0.416 e. The number of pyridine rings is 1. The van der Waals surface area contributed by atoms with Gasteiger partial charge in [-0.25, -0.2) is 13.2 Å². The van der Waals surface area contributed by atoms with Crippen LogP contribution in [0, 0.1) is 0 Å². The summed E-state index contributed by atoms with van der Waals surface area (Å²) in [6.07, 6.45) is -4.21. The second kappa shape index (κ2) is 11.0. The summed E-state index contributed by atoms with van der Waals surface area (Å²) in [4.78, 5) is 26.5. The van der Waals surface area contributed by atoms with E-state index in [0.29, 0.717) is 6.42 Å². The largest absolute Gasteiger partial charge is 0.480 e. The molecule has 5 rings (SSSR count). The lowest BCUT2D eigenvalue weighted by Gasteiger charge is -2.36. The van der Waals surface area contributed by atoms with Crippen LogP contribution in [0.15, 0.2) is 76.6 Å². The minimum Gasteiger partial charge on any atom is -0.480 e. The van der Waals surface area contributed by atoms with Crippen molar-refractivity contribution in [1.29, 1.82) is 0 Å². The monoisotopic (exact) mass is 598 g/mol. The van der Waals surface area contributed by atoms with E-state index in [4.69, 9.17) is 0 Å². The lowest BCUT2D eigenvalue weighted by molar-refractivity contribution is -0.141. The lowest BCUT2D eigenvalue weighted by atomic mass is 9.89. The maximum absolute atomic E-state index is 14.2. The van der Waals surface area contributed by atoms with E-state index in [2.05, 4.69) is 0 Å². The first kappa shape index (κ1) is 29.5. The molecule has 0 saturated carbocycles. The molecule has 1 aliphatic heterocycles. The van der Waals surface area contributed by atoms with Crippen molar-refractivity contribution in [3.8, 4) is 11.1 Å². The molecule has 7 nitrogen and oxygen atoms in total. The summed E-state index contributed by atoms with van der Waals surface area (Å²) in [7, 11) is -4.49. The molecule has 0 fully saturated rings. The van der Waals surface area contributed by atoms with Gasteiger partial charge >= 0.3 is 12.1 Å². The molecule has 1 aliphatic rings. The number of fused-ring (bicyclic) bond motifs is 2. The van der Waals surface area contributed by atoms with E-state index in [1.54, 1.807) is 13.8 Å². The number of benzene rings is 3. The van der Waals surface area contributed by atoms with Gasteiger partial charge in [0.2, 0.25) is 0 Å². The second-order valence-electron chi connectivity index (χ2n) is 10.3. The van der Waals surface area contributed by atoms with Gasteiger partial charge in [0, 0.05) is 24.2 Å². The molecule has 1 atom stereocenters. The molecule has 0 bridgehead atoms. The van der Waals surface area contributed by atoms with Crippen LogP contribution in [0.25, 0.3) is 21.9 Å². The van der Waals surface area contributed by atoms with E-state index in [0.717, 1.165) is 37.3 Å². The number of carboxylic acids is 1. The van der Waals surface area contributed by atoms with Crippen molar-refractivity contribution >= 4 is 26.8 Å². The van der Waals surface area contributed by atoms with Gasteiger partial charge in [-0.1, -0.05) is 68.4 Å². The first-order chi connectivity index (χ1) is 19.9. The number of aromatic nitrogens is 1. The topological polar surface area (TPSA) is 96.7 Å². The highest BCUT2D eigenvalue weighted by Crippen LogP contribution is 2.41. The van der Waals surface area contributed by atoms with E-state index >= 15 is 0 Å². The second-order valence-corrected chi connectivity index (χ2v) is 12.1. The average Bonchev–Trinajstić information content (AvgIpc) is 2.94. The van der Waals surface area contributed by atoms with Crippen LogP contribution in [-0.2, 0) is 33.8 Å². The highest BCUT2D eigenvalue weighted by molar-refractivity contribution is 7.89. The summed E-state index contributed by atoms with van der Waals surface area (Å²) in [5.74, 6) is -1.41.